The van der Waals surface area contributed by atoms with Crippen molar-refractivity contribution in [3.05, 3.63) is 47.5 Å². The average Bonchev–Trinajstić information content (AvgIpc) is 2.80. The molecule has 0 radical (unpaired) electrons. The predicted octanol–water partition coefficient (Wildman–Crippen LogP) is 2.00. The maximum absolute atomic E-state index is 5.86. The number of hydrogen-bond donors (Lipinski definition) is 3. The maximum atomic E-state index is 5.86. The van der Waals surface area contributed by atoms with Crippen LogP contribution < -0.4 is 11.1 Å². The summed E-state index contributed by atoms with van der Waals surface area (Å²) >= 11 is 0. The number of imidazole rings is 1. The summed E-state index contributed by atoms with van der Waals surface area (Å²) in [6.07, 6.45) is 4.26. The van der Waals surface area contributed by atoms with Crippen LogP contribution in [0.3, 0.4) is 0 Å². The highest BCUT2D eigenvalue weighted by atomic mass is 15.1. The van der Waals surface area contributed by atoms with Crippen molar-refractivity contribution in [3.8, 4) is 0 Å². The molecule has 100 valence electrons. The van der Waals surface area contributed by atoms with Crippen LogP contribution in [0.2, 0.25) is 0 Å². The molecule has 1 aromatic carbocycles. The van der Waals surface area contributed by atoms with E-state index in [9.17, 15) is 0 Å². The van der Waals surface area contributed by atoms with E-state index in [1.54, 1.807) is 12.5 Å². The molecule has 0 atom stereocenters. The van der Waals surface area contributed by atoms with E-state index in [-0.39, 0.29) is 0 Å². The zero-order valence-corrected chi connectivity index (χ0v) is 11.3. The van der Waals surface area contributed by atoms with Gasteiger partial charge in [-0.15, -0.1) is 0 Å². The van der Waals surface area contributed by atoms with Gasteiger partial charge in [0.05, 0.1) is 6.33 Å². The number of hydrogen-bond acceptors (Lipinski definition) is 2. The molecule has 0 unspecified atom stereocenters. The van der Waals surface area contributed by atoms with Gasteiger partial charge in [0.1, 0.15) is 0 Å². The minimum absolute atomic E-state index is 0.435. The van der Waals surface area contributed by atoms with Crippen LogP contribution in [-0.4, -0.2) is 22.5 Å². The minimum atomic E-state index is 0.435. The molecule has 0 saturated heterocycles. The molecule has 0 amide bonds. The van der Waals surface area contributed by atoms with Gasteiger partial charge in [0.15, 0.2) is 5.96 Å². The van der Waals surface area contributed by atoms with Gasteiger partial charge < -0.3 is 16.0 Å². The number of aromatic nitrogens is 2. The van der Waals surface area contributed by atoms with E-state index in [1.807, 2.05) is 12.1 Å². The Kier molecular flexibility index (Phi) is 4.18. The molecule has 0 spiro atoms. The van der Waals surface area contributed by atoms with Crippen LogP contribution in [0.5, 0.6) is 0 Å². The van der Waals surface area contributed by atoms with E-state index in [0.29, 0.717) is 12.5 Å². The van der Waals surface area contributed by atoms with E-state index in [1.165, 1.54) is 11.1 Å². The third kappa shape index (κ3) is 4.13. The second-order valence-electron chi connectivity index (χ2n) is 4.60. The molecule has 0 aliphatic heterocycles. The van der Waals surface area contributed by atoms with Gasteiger partial charge in [0.2, 0.25) is 0 Å². The van der Waals surface area contributed by atoms with Gasteiger partial charge >= 0.3 is 0 Å². The summed E-state index contributed by atoms with van der Waals surface area (Å²) in [5.41, 5.74) is 10.3. The van der Waals surface area contributed by atoms with Gasteiger partial charge in [-0.3, -0.25) is 4.99 Å². The number of aromatic amines is 1. The molecule has 4 N–H and O–H groups in total. The molecule has 0 saturated carbocycles. The number of H-pyrrole nitrogens is 1. The largest absolute Gasteiger partial charge is 0.370 e. The molecule has 0 aliphatic carbocycles. The van der Waals surface area contributed by atoms with E-state index >= 15 is 0 Å². The van der Waals surface area contributed by atoms with Crippen LogP contribution in [0.4, 0.5) is 5.69 Å². The van der Waals surface area contributed by atoms with Gasteiger partial charge in [0, 0.05) is 30.5 Å². The molecule has 2 aromatic rings. The first kappa shape index (κ1) is 13.1. The summed E-state index contributed by atoms with van der Waals surface area (Å²) < 4.78 is 0. The molecule has 5 nitrogen and oxygen atoms in total. The van der Waals surface area contributed by atoms with E-state index < -0.39 is 0 Å². The van der Waals surface area contributed by atoms with Crippen LogP contribution in [-0.2, 0) is 6.42 Å². The highest BCUT2D eigenvalue weighted by Gasteiger charge is 1.98. The molecule has 5 heteroatoms. The average molecular weight is 257 g/mol. The first-order chi connectivity index (χ1) is 9.13. The number of aryl methyl sites for hydroxylation is 2. The van der Waals surface area contributed by atoms with Crippen molar-refractivity contribution in [1.82, 2.24) is 9.97 Å². The van der Waals surface area contributed by atoms with Gasteiger partial charge in [-0.05, 0) is 37.1 Å². The number of guanidine groups is 1. The number of nitrogens with one attached hydrogen (secondary N) is 2. The molecule has 0 fully saturated rings. The molecule has 0 bridgehead atoms. The number of nitrogens with two attached hydrogens (primary N) is 1. The molecule has 1 heterocycles. The molecule has 2 rings (SSSR count). The monoisotopic (exact) mass is 257 g/mol. The Hall–Kier alpha value is -2.30. The summed E-state index contributed by atoms with van der Waals surface area (Å²) in [7, 11) is 0. The molecular weight excluding hydrogens is 238 g/mol. The lowest BCUT2D eigenvalue weighted by Gasteiger charge is -2.07. The van der Waals surface area contributed by atoms with Gasteiger partial charge in [-0.1, -0.05) is 6.07 Å². The van der Waals surface area contributed by atoms with Gasteiger partial charge in [-0.25, -0.2) is 4.98 Å². The van der Waals surface area contributed by atoms with Gasteiger partial charge in [0.25, 0.3) is 0 Å². The summed E-state index contributed by atoms with van der Waals surface area (Å²) in [4.78, 5) is 11.3. The van der Waals surface area contributed by atoms with E-state index in [0.717, 1.165) is 17.8 Å². The normalized spacial score (nSPS) is 11.6. The van der Waals surface area contributed by atoms with E-state index in [4.69, 9.17) is 5.73 Å². The second-order valence-corrected chi connectivity index (χ2v) is 4.60. The predicted molar refractivity (Wildman–Crippen MR) is 78.3 cm³/mol. The molecular formula is C14H19N5. The van der Waals surface area contributed by atoms with Crippen molar-refractivity contribution in [3.63, 3.8) is 0 Å². The smallest absolute Gasteiger partial charge is 0.193 e. The number of anilines is 1. The van der Waals surface area contributed by atoms with Crippen molar-refractivity contribution >= 4 is 11.6 Å². The summed E-state index contributed by atoms with van der Waals surface area (Å²) in [5.74, 6) is 0.435. The first-order valence-electron chi connectivity index (χ1n) is 6.26. The summed E-state index contributed by atoms with van der Waals surface area (Å²) in [5, 5.41) is 3.11. The fraction of sp³-hybridized carbons (Fsp3) is 0.286. The quantitative estimate of drug-likeness (QED) is 0.579. The van der Waals surface area contributed by atoms with Crippen LogP contribution in [0.25, 0.3) is 0 Å². The first-order valence-corrected chi connectivity index (χ1v) is 6.26. The van der Waals surface area contributed by atoms with Gasteiger partial charge in [-0.2, -0.15) is 0 Å². The minimum Gasteiger partial charge on any atom is -0.370 e. The lowest BCUT2D eigenvalue weighted by Crippen LogP contribution is -2.23. The third-order valence-electron chi connectivity index (χ3n) is 2.71. The standard InChI is InChI=1S/C14H19N5/c1-10-5-11(2)7-13(6-10)19-14(15)17-4-3-12-8-16-9-18-12/h5-9H,3-4H2,1-2H3,(H,16,18)(H3,15,17,19). The number of benzene rings is 1. The Morgan fingerprint density at radius 3 is 2.68 bits per heavy atom. The highest BCUT2D eigenvalue weighted by Crippen LogP contribution is 2.13. The van der Waals surface area contributed by atoms with Crippen molar-refractivity contribution in [1.29, 1.82) is 0 Å². The zero-order valence-electron chi connectivity index (χ0n) is 11.3. The van der Waals surface area contributed by atoms with Crippen molar-refractivity contribution < 1.29 is 0 Å². The maximum Gasteiger partial charge on any atom is 0.193 e. The topological polar surface area (TPSA) is 79.1 Å². The summed E-state index contributed by atoms with van der Waals surface area (Å²) in [6.45, 7) is 4.75. The molecule has 19 heavy (non-hydrogen) atoms. The summed E-state index contributed by atoms with van der Waals surface area (Å²) in [6, 6.07) is 6.21. The fourth-order valence-electron chi connectivity index (χ4n) is 1.95. The number of aliphatic imine (C=N–C) groups is 1. The Bertz CT molecular complexity index is 537. The SMILES string of the molecule is Cc1cc(C)cc(NC(N)=NCCc2cnc[nH]2)c1. The highest BCUT2D eigenvalue weighted by molar-refractivity contribution is 5.92. The molecule has 1 aromatic heterocycles. The van der Waals surface area contributed by atoms with Crippen molar-refractivity contribution in [2.24, 2.45) is 10.7 Å². The Morgan fingerprint density at radius 2 is 2.05 bits per heavy atom. The van der Waals surface area contributed by atoms with Crippen molar-refractivity contribution in [2.45, 2.75) is 20.3 Å². The third-order valence-corrected chi connectivity index (χ3v) is 2.71. The number of rotatable bonds is 4. The van der Waals surface area contributed by atoms with Crippen LogP contribution in [0.1, 0.15) is 16.8 Å². The lowest BCUT2D eigenvalue weighted by atomic mass is 10.1. The number of nitrogens with zero attached hydrogens (tertiary/aromatic N) is 2. The van der Waals surface area contributed by atoms with Crippen LogP contribution >= 0.6 is 0 Å². The van der Waals surface area contributed by atoms with Crippen LogP contribution in [0, 0.1) is 13.8 Å². The van der Waals surface area contributed by atoms with Crippen molar-refractivity contribution in [2.75, 3.05) is 11.9 Å². The van der Waals surface area contributed by atoms with Crippen LogP contribution in [0.15, 0.2) is 35.7 Å². The zero-order chi connectivity index (χ0) is 13.7. The van der Waals surface area contributed by atoms with E-state index in [2.05, 4.69) is 40.2 Å². The Morgan fingerprint density at radius 1 is 1.32 bits per heavy atom. The fourth-order valence-corrected chi connectivity index (χ4v) is 1.95. The second kappa shape index (κ2) is 6.04. The Labute approximate surface area is 113 Å². The molecule has 0 aliphatic rings. The Balaban J connectivity index is 1.90. The lowest BCUT2D eigenvalue weighted by molar-refractivity contribution is 0.932.